The molecule has 1 aromatic carbocycles. The molecule has 0 aromatic heterocycles. The smallest absolute Gasteiger partial charge is 0.305 e. The topological polar surface area (TPSA) is 26.3 Å². The molecule has 20 heavy (non-hydrogen) atoms. The average molecular weight is 275 g/mol. The van der Waals surface area contributed by atoms with E-state index in [2.05, 4.69) is 19.1 Å². The van der Waals surface area contributed by atoms with Crippen molar-refractivity contribution < 1.29 is 9.53 Å². The Kier molecular flexibility index (Phi) is 9.64. The first kappa shape index (κ1) is 16.7. The van der Waals surface area contributed by atoms with Crippen LogP contribution in [0.4, 0.5) is 0 Å². The highest BCUT2D eigenvalue weighted by Gasteiger charge is 2.02. The Morgan fingerprint density at radius 3 is 2.30 bits per heavy atom. The molecular weight excluding hydrogens is 248 g/mol. The minimum Gasteiger partial charge on any atom is -0.465 e. The Hall–Kier alpha value is -1.31. The molecule has 0 fully saturated rings. The second kappa shape index (κ2) is 11.5. The summed E-state index contributed by atoms with van der Waals surface area (Å²) in [6, 6.07) is 10.1. The fraction of sp³-hybridized carbons (Fsp3) is 0.556. The van der Waals surface area contributed by atoms with Gasteiger partial charge in [0.05, 0.1) is 6.61 Å². The number of unbranched alkanes of at least 4 members (excludes halogenated alkanes) is 6. The molecule has 1 aromatic rings. The predicted octanol–water partition coefficient (Wildman–Crippen LogP) is 4.73. The number of rotatable bonds is 11. The van der Waals surface area contributed by atoms with Crippen LogP contribution in [0.2, 0.25) is 0 Å². The highest BCUT2D eigenvalue weighted by atomic mass is 16.5. The van der Waals surface area contributed by atoms with Gasteiger partial charge in [-0.1, -0.05) is 75.8 Å². The molecule has 2 nitrogen and oxygen atoms in total. The number of esters is 1. The second-order valence-electron chi connectivity index (χ2n) is 5.18. The fourth-order valence-electron chi connectivity index (χ4n) is 2.15. The van der Waals surface area contributed by atoms with Gasteiger partial charge in [0.25, 0.3) is 0 Å². The second-order valence-corrected chi connectivity index (χ2v) is 5.18. The van der Waals surface area contributed by atoms with Gasteiger partial charge in [-0.15, -0.1) is 0 Å². The summed E-state index contributed by atoms with van der Waals surface area (Å²) in [6.07, 6.45) is 9.46. The molecular formula is C18H27O2. The summed E-state index contributed by atoms with van der Waals surface area (Å²) in [5.41, 5.74) is 1.21. The number of hydrogen-bond acceptors (Lipinski definition) is 2. The van der Waals surface area contributed by atoms with Gasteiger partial charge < -0.3 is 4.74 Å². The summed E-state index contributed by atoms with van der Waals surface area (Å²) in [6.45, 7) is 4.32. The van der Waals surface area contributed by atoms with E-state index in [0.717, 1.165) is 25.7 Å². The summed E-state index contributed by atoms with van der Waals surface area (Å²) in [7, 11) is 0. The van der Waals surface area contributed by atoms with E-state index in [1.54, 1.807) is 0 Å². The van der Waals surface area contributed by atoms with E-state index in [4.69, 9.17) is 4.74 Å². The van der Waals surface area contributed by atoms with Gasteiger partial charge in [0.2, 0.25) is 0 Å². The van der Waals surface area contributed by atoms with Gasteiger partial charge in [-0.25, -0.2) is 0 Å². The van der Waals surface area contributed by atoms with Gasteiger partial charge in [0.15, 0.2) is 0 Å². The van der Waals surface area contributed by atoms with Gasteiger partial charge in [0.1, 0.15) is 0 Å². The quantitative estimate of drug-likeness (QED) is 0.431. The summed E-state index contributed by atoms with van der Waals surface area (Å²) < 4.78 is 5.24. The van der Waals surface area contributed by atoms with Crippen LogP contribution in [-0.4, -0.2) is 12.6 Å². The third kappa shape index (κ3) is 8.73. The van der Waals surface area contributed by atoms with E-state index in [9.17, 15) is 4.79 Å². The van der Waals surface area contributed by atoms with Gasteiger partial charge >= 0.3 is 5.97 Å². The highest BCUT2D eigenvalue weighted by Crippen LogP contribution is 2.09. The largest absolute Gasteiger partial charge is 0.465 e. The zero-order chi connectivity index (χ0) is 14.5. The summed E-state index contributed by atoms with van der Waals surface area (Å²) in [4.78, 5) is 11.5. The van der Waals surface area contributed by atoms with E-state index in [-0.39, 0.29) is 5.97 Å². The summed E-state index contributed by atoms with van der Waals surface area (Å²) in [5.74, 6) is -0.0568. The molecule has 1 rings (SSSR count). The van der Waals surface area contributed by atoms with Crippen LogP contribution in [0.3, 0.4) is 0 Å². The SMILES string of the molecule is [CH2]CCCCCCCCC(=O)OCCc1ccccc1. The zero-order valence-electron chi connectivity index (χ0n) is 12.5. The maximum Gasteiger partial charge on any atom is 0.305 e. The maximum atomic E-state index is 11.5. The molecule has 0 bridgehead atoms. The van der Waals surface area contributed by atoms with E-state index < -0.39 is 0 Å². The van der Waals surface area contributed by atoms with E-state index in [0.29, 0.717) is 13.0 Å². The van der Waals surface area contributed by atoms with Crippen LogP contribution in [0.1, 0.15) is 56.9 Å². The van der Waals surface area contributed by atoms with Crippen molar-refractivity contribution in [2.75, 3.05) is 6.61 Å². The van der Waals surface area contributed by atoms with Crippen LogP contribution < -0.4 is 0 Å². The van der Waals surface area contributed by atoms with E-state index in [1.165, 1.54) is 31.2 Å². The van der Waals surface area contributed by atoms with Crippen LogP contribution in [0.25, 0.3) is 0 Å². The number of benzene rings is 1. The van der Waals surface area contributed by atoms with Gasteiger partial charge in [-0.05, 0) is 12.0 Å². The Balaban J connectivity index is 1.93. The number of carbonyl (C=O) groups excluding carboxylic acids is 1. The molecule has 0 aliphatic carbocycles. The van der Waals surface area contributed by atoms with E-state index >= 15 is 0 Å². The van der Waals surface area contributed by atoms with Crippen molar-refractivity contribution >= 4 is 5.97 Å². The maximum absolute atomic E-state index is 11.5. The number of carbonyl (C=O) groups is 1. The van der Waals surface area contributed by atoms with Crippen LogP contribution in [0.15, 0.2) is 30.3 Å². The van der Waals surface area contributed by atoms with Crippen molar-refractivity contribution in [3.8, 4) is 0 Å². The number of ether oxygens (including phenoxy) is 1. The van der Waals surface area contributed by atoms with Crippen LogP contribution in [-0.2, 0) is 16.0 Å². The average Bonchev–Trinajstić information content (AvgIpc) is 2.47. The fourth-order valence-corrected chi connectivity index (χ4v) is 2.15. The van der Waals surface area contributed by atoms with Gasteiger partial charge in [0, 0.05) is 12.8 Å². The predicted molar refractivity (Wildman–Crippen MR) is 83.4 cm³/mol. The lowest BCUT2D eigenvalue weighted by Gasteiger charge is -2.05. The third-order valence-electron chi connectivity index (χ3n) is 3.38. The normalized spacial score (nSPS) is 10.4. The lowest BCUT2D eigenvalue weighted by Crippen LogP contribution is -2.07. The molecule has 0 spiro atoms. The first-order valence-corrected chi connectivity index (χ1v) is 7.81. The molecule has 0 saturated carbocycles. The standard InChI is InChI=1S/C18H27O2/c1-2-3-4-5-6-7-11-14-18(19)20-16-15-17-12-9-8-10-13-17/h8-10,12-13H,1-7,11,14-16H2. The number of hydrogen-bond donors (Lipinski definition) is 0. The van der Waals surface area contributed by atoms with Crippen molar-refractivity contribution in [1.82, 2.24) is 0 Å². The zero-order valence-corrected chi connectivity index (χ0v) is 12.5. The molecule has 0 aliphatic heterocycles. The molecule has 0 unspecified atom stereocenters. The van der Waals surface area contributed by atoms with Crippen molar-refractivity contribution in [2.45, 2.75) is 57.8 Å². The molecule has 0 aliphatic rings. The van der Waals surface area contributed by atoms with E-state index in [1.807, 2.05) is 18.2 Å². The lowest BCUT2D eigenvalue weighted by molar-refractivity contribution is -0.143. The van der Waals surface area contributed by atoms with Crippen molar-refractivity contribution in [3.05, 3.63) is 42.8 Å². The van der Waals surface area contributed by atoms with Crippen LogP contribution in [0.5, 0.6) is 0 Å². The Labute approximate surface area is 123 Å². The van der Waals surface area contributed by atoms with Crippen molar-refractivity contribution in [1.29, 1.82) is 0 Å². The molecule has 0 N–H and O–H groups in total. The van der Waals surface area contributed by atoms with Gasteiger partial charge in [-0.2, -0.15) is 0 Å². The first-order valence-electron chi connectivity index (χ1n) is 7.81. The Morgan fingerprint density at radius 2 is 1.60 bits per heavy atom. The first-order chi connectivity index (χ1) is 9.83. The molecule has 111 valence electrons. The van der Waals surface area contributed by atoms with Crippen molar-refractivity contribution in [2.24, 2.45) is 0 Å². The Morgan fingerprint density at radius 1 is 0.950 bits per heavy atom. The summed E-state index contributed by atoms with van der Waals surface area (Å²) >= 11 is 0. The third-order valence-corrected chi connectivity index (χ3v) is 3.38. The molecule has 0 heterocycles. The molecule has 0 atom stereocenters. The molecule has 2 heteroatoms. The van der Waals surface area contributed by atoms with Gasteiger partial charge in [-0.3, -0.25) is 4.79 Å². The molecule has 1 radical (unpaired) electrons. The monoisotopic (exact) mass is 275 g/mol. The minimum atomic E-state index is -0.0568. The lowest BCUT2D eigenvalue weighted by atomic mass is 10.1. The van der Waals surface area contributed by atoms with Crippen LogP contribution in [0, 0.1) is 6.92 Å². The van der Waals surface area contributed by atoms with Crippen molar-refractivity contribution in [3.63, 3.8) is 0 Å². The summed E-state index contributed by atoms with van der Waals surface area (Å²) in [5, 5.41) is 0. The van der Waals surface area contributed by atoms with Crippen LogP contribution >= 0.6 is 0 Å². The molecule has 0 saturated heterocycles. The Bertz CT molecular complexity index is 346. The minimum absolute atomic E-state index is 0.0568. The molecule has 0 amide bonds. The highest BCUT2D eigenvalue weighted by molar-refractivity contribution is 5.69.